The molecule has 0 aliphatic rings. The van der Waals surface area contributed by atoms with Crippen LogP contribution in [0.4, 0.5) is 0 Å². The molecule has 3 N–H and O–H groups in total. The van der Waals surface area contributed by atoms with Crippen LogP contribution in [-0.2, 0) is 16.1 Å². The van der Waals surface area contributed by atoms with E-state index in [0.29, 0.717) is 12.8 Å². The van der Waals surface area contributed by atoms with Gasteiger partial charge in [-0.2, -0.15) is 0 Å². The first-order valence-electron chi connectivity index (χ1n) is 9.44. The number of aromatic amines is 2. The van der Waals surface area contributed by atoms with E-state index in [2.05, 4.69) is 24.5 Å². The number of carbonyl (C=O) groups is 2. The summed E-state index contributed by atoms with van der Waals surface area (Å²) >= 11 is 0. The summed E-state index contributed by atoms with van der Waals surface area (Å²) in [5.74, 6) is -0.0604. The number of nitrogens with zero attached hydrogens (tertiary/aromatic N) is 3. The maximum Gasteiger partial charge on any atom is 0.323 e. The lowest BCUT2D eigenvalue weighted by atomic mass is 10.1. The third-order valence-electron chi connectivity index (χ3n) is 4.06. The van der Waals surface area contributed by atoms with Gasteiger partial charge in [-0.3, -0.25) is 9.78 Å². The predicted molar refractivity (Wildman–Crippen MR) is 102 cm³/mol. The number of imidazole rings is 2. The van der Waals surface area contributed by atoms with Crippen LogP contribution in [0.25, 0.3) is 11.6 Å². The first-order valence-corrected chi connectivity index (χ1v) is 9.44. The van der Waals surface area contributed by atoms with E-state index in [9.17, 15) is 14.7 Å². The zero-order valence-electron chi connectivity index (χ0n) is 16.1. The number of nitrogens with one attached hydrogen (secondary N) is 2. The van der Waals surface area contributed by atoms with Crippen LogP contribution < -0.4 is 9.67 Å². The molecule has 154 valence electrons. The molecule has 0 radical (unpaired) electrons. The molecule has 0 aliphatic heterocycles. The Morgan fingerprint density at radius 2 is 1.79 bits per heavy atom. The summed E-state index contributed by atoms with van der Waals surface area (Å²) in [4.78, 5) is 34.8. The molecule has 3 heterocycles. The molecule has 3 aromatic rings. The van der Waals surface area contributed by atoms with Crippen molar-refractivity contribution < 1.29 is 24.4 Å². The van der Waals surface area contributed by atoms with Gasteiger partial charge < -0.3 is 20.0 Å². The predicted octanol–water partition coefficient (Wildman–Crippen LogP) is 1.30. The highest BCUT2D eigenvalue weighted by molar-refractivity contribution is 5.66. The Morgan fingerprint density at radius 3 is 2.41 bits per heavy atom. The summed E-state index contributed by atoms with van der Waals surface area (Å²) in [5, 5.41) is 18.2. The summed E-state index contributed by atoms with van der Waals surface area (Å²) in [7, 11) is 0. The van der Waals surface area contributed by atoms with E-state index in [0.717, 1.165) is 36.7 Å². The highest BCUT2D eigenvalue weighted by Gasteiger charge is 2.15. The Morgan fingerprint density at radius 1 is 1.00 bits per heavy atom. The third-order valence-corrected chi connectivity index (χ3v) is 4.06. The molecule has 29 heavy (non-hydrogen) atoms. The van der Waals surface area contributed by atoms with E-state index in [4.69, 9.17) is 5.11 Å². The van der Waals surface area contributed by atoms with Gasteiger partial charge in [0.05, 0.1) is 5.69 Å². The Balaban J connectivity index is 0.000000223. The molecule has 3 aromatic heterocycles. The third kappa shape index (κ3) is 8.37. The van der Waals surface area contributed by atoms with Crippen LogP contribution >= 0.6 is 0 Å². The summed E-state index contributed by atoms with van der Waals surface area (Å²) in [6.45, 7) is 0.723. The van der Waals surface area contributed by atoms with Gasteiger partial charge in [0.25, 0.3) is 0 Å². The maximum absolute atomic E-state index is 10.0. The second-order valence-corrected chi connectivity index (χ2v) is 6.38. The van der Waals surface area contributed by atoms with E-state index in [-0.39, 0.29) is 12.8 Å². The van der Waals surface area contributed by atoms with E-state index in [1.807, 2.05) is 30.6 Å². The van der Waals surface area contributed by atoms with Crippen molar-refractivity contribution in [2.45, 2.75) is 45.1 Å². The van der Waals surface area contributed by atoms with Crippen molar-refractivity contribution in [3.63, 3.8) is 0 Å². The largest absolute Gasteiger partial charge is 0.550 e. The van der Waals surface area contributed by atoms with Gasteiger partial charge in [0, 0.05) is 31.0 Å². The van der Waals surface area contributed by atoms with Crippen LogP contribution in [0.1, 0.15) is 44.2 Å². The minimum absolute atomic E-state index is 0.0765. The summed E-state index contributed by atoms with van der Waals surface area (Å²) in [6.07, 6.45) is 12.2. The van der Waals surface area contributed by atoms with Crippen LogP contribution in [0.2, 0.25) is 0 Å². The first kappa shape index (κ1) is 21.8. The monoisotopic (exact) mass is 399 g/mol. The number of aliphatic carboxylic acids is 2. The number of H-pyrrole nitrogens is 2. The topological polar surface area (TPSA) is 139 Å². The molecule has 0 aliphatic carbocycles. The lowest BCUT2D eigenvalue weighted by Gasteiger charge is -2.00. The number of unbranched alkanes of at least 4 members (excludes halogenated alkanes) is 3. The molecule has 0 aromatic carbocycles. The second-order valence-electron chi connectivity index (χ2n) is 6.38. The minimum Gasteiger partial charge on any atom is -0.550 e. The molecule has 0 saturated heterocycles. The smallest absolute Gasteiger partial charge is 0.323 e. The average molecular weight is 399 g/mol. The van der Waals surface area contributed by atoms with E-state index in [1.165, 1.54) is 0 Å². The van der Waals surface area contributed by atoms with E-state index in [1.54, 1.807) is 18.6 Å². The van der Waals surface area contributed by atoms with Crippen molar-refractivity contribution in [2.75, 3.05) is 0 Å². The lowest BCUT2D eigenvalue weighted by Crippen LogP contribution is -2.35. The number of carboxylic acid groups (broad SMARTS) is 2. The zero-order valence-corrected chi connectivity index (χ0v) is 16.1. The van der Waals surface area contributed by atoms with Crippen molar-refractivity contribution in [2.24, 2.45) is 0 Å². The van der Waals surface area contributed by atoms with Crippen LogP contribution in [0, 0.1) is 0 Å². The number of hydrogen-bond acceptors (Lipinski definition) is 5. The van der Waals surface area contributed by atoms with Crippen molar-refractivity contribution >= 4 is 11.9 Å². The molecule has 9 heteroatoms. The van der Waals surface area contributed by atoms with E-state index < -0.39 is 11.9 Å². The molecule has 0 saturated carbocycles. The average Bonchev–Trinajstić information content (AvgIpc) is 3.37. The zero-order chi connectivity index (χ0) is 20.9. The minimum atomic E-state index is -1.03. The number of rotatable bonds is 10. The quantitative estimate of drug-likeness (QED) is 0.347. The van der Waals surface area contributed by atoms with Gasteiger partial charge in [-0.1, -0.05) is 18.9 Å². The van der Waals surface area contributed by atoms with Crippen molar-refractivity contribution in [1.82, 2.24) is 19.9 Å². The van der Waals surface area contributed by atoms with Gasteiger partial charge in [-0.15, -0.1) is 0 Å². The standard InChI is InChI=1S/C12H11N5.C8H14O4/c1-2-4-13-10(3-1)9-17-8-7-16-12(17)11-14-5-6-15-11;9-7(10)5-3-1-2-4-6-8(11)12/h1-8H,9H2,(H,14,15,16);1-6H2,(H,9,10)(H,11,12). The number of aromatic nitrogens is 5. The summed E-state index contributed by atoms with van der Waals surface area (Å²) in [5.41, 5.74) is 1.02. The number of hydrogen-bond donors (Lipinski definition) is 3. The van der Waals surface area contributed by atoms with Crippen LogP contribution in [0.15, 0.2) is 49.2 Å². The Bertz CT molecular complexity index is 844. The van der Waals surface area contributed by atoms with Gasteiger partial charge >= 0.3 is 11.8 Å². The highest BCUT2D eigenvalue weighted by atomic mass is 16.4. The Hall–Kier alpha value is -3.49. The molecule has 0 unspecified atom stereocenters. The van der Waals surface area contributed by atoms with Crippen LogP contribution in [0.5, 0.6) is 0 Å². The van der Waals surface area contributed by atoms with E-state index >= 15 is 0 Å². The first-order chi connectivity index (χ1) is 14.1. The van der Waals surface area contributed by atoms with Crippen molar-refractivity contribution in [1.29, 1.82) is 0 Å². The molecule has 0 atom stereocenters. The maximum atomic E-state index is 10.0. The molecular weight excluding hydrogens is 374 g/mol. The molecule has 0 amide bonds. The molecule has 0 fully saturated rings. The second kappa shape index (κ2) is 12.1. The van der Waals surface area contributed by atoms with Gasteiger partial charge in [-0.05, 0) is 31.4 Å². The van der Waals surface area contributed by atoms with Gasteiger partial charge in [0.15, 0.2) is 0 Å². The molecule has 0 spiro atoms. The van der Waals surface area contributed by atoms with Crippen molar-refractivity contribution in [3.05, 3.63) is 54.9 Å². The van der Waals surface area contributed by atoms with Gasteiger partial charge in [-0.25, -0.2) is 14.5 Å². The summed E-state index contributed by atoms with van der Waals surface area (Å²) in [6, 6.07) is 5.91. The SMILES string of the molecule is O=C([O-])CCCCCCC(=O)O.c1ccc(C[n+]2cc[nH]c2-c2ncc[nH]2)nc1. The number of carboxylic acids is 2. The fraction of sp³-hybridized carbons (Fsp3) is 0.350. The molecule has 0 bridgehead atoms. The number of carbonyl (C=O) groups excluding carboxylic acids is 1. The summed E-state index contributed by atoms with van der Waals surface area (Å²) < 4.78 is 2.07. The van der Waals surface area contributed by atoms with Gasteiger partial charge in [0.1, 0.15) is 18.9 Å². The van der Waals surface area contributed by atoms with Gasteiger partial charge in [0.2, 0.25) is 5.82 Å². The fourth-order valence-electron chi connectivity index (χ4n) is 2.66. The fourth-order valence-corrected chi connectivity index (χ4v) is 2.66. The normalized spacial score (nSPS) is 10.2. The molecular formula is C20H25N5O4. The Labute approximate surface area is 168 Å². The highest BCUT2D eigenvalue weighted by Crippen LogP contribution is 2.06. The molecule has 3 rings (SSSR count). The lowest BCUT2D eigenvalue weighted by molar-refractivity contribution is -0.676. The molecule has 9 nitrogen and oxygen atoms in total. The van der Waals surface area contributed by atoms with Crippen molar-refractivity contribution in [3.8, 4) is 11.6 Å². The Kier molecular flexibility index (Phi) is 9.07. The van der Waals surface area contributed by atoms with Crippen LogP contribution in [-0.4, -0.2) is 37.0 Å². The van der Waals surface area contributed by atoms with Crippen LogP contribution in [0.3, 0.4) is 0 Å². The number of pyridine rings is 1.